The summed E-state index contributed by atoms with van der Waals surface area (Å²) < 4.78 is 0. The monoisotopic (exact) mass is 304 g/mol. The normalized spacial score (nSPS) is 24.5. The number of carbonyl (C=O) groups excluding carboxylic acids is 1. The summed E-state index contributed by atoms with van der Waals surface area (Å²) in [5.74, 6) is 0.582. The van der Waals surface area contributed by atoms with E-state index in [4.69, 9.17) is 0 Å². The number of rotatable bonds is 5. The molecule has 3 heterocycles. The lowest BCUT2D eigenvalue weighted by Gasteiger charge is -2.32. The van der Waals surface area contributed by atoms with E-state index in [0.29, 0.717) is 31.1 Å². The predicted molar refractivity (Wildman–Crippen MR) is 84.7 cm³/mol. The van der Waals surface area contributed by atoms with Crippen LogP contribution in [0.4, 0.5) is 10.7 Å². The number of piperidine rings is 1. The van der Waals surface area contributed by atoms with Crippen LogP contribution in [-0.2, 0) is 0 Å². The summed E-state index contributed by atoms with van der Waals surface area (Å²) in [7, 11) is 0. The van der Waals surface area contributed by atoms with Crippen molar-refractivity contribution in [3.8, 4) is 0 Å². The van der Waals surface area contributed by atoms with Crippen LogP contribution in [0.25, 0.3) is 0 Å². The van der Waals surface area contributed by atoms with Crippen LogP contribution in [-0.4, -0.2) is 59.2 Å². The van der Waals surface area contributed by atoms with Gasteiger partial charge in [-0.05, 0) is 31.9 Å². The van der Waals surface area contributed by atoms with Gasteiger partial charge < -0.3 is 16.0 Å². The van der Waals surface area contributed by atoms with Crippen molar-refractivity contribution in [2.45, 2.75) is 37.8 Å². The first kappa shape index (κ1) is 15.0. The maximum absolute atomic E-state index is 12.0. The SMILES string of the molecule is O=C(NCCNc1ncccn1)N[C@@H]1CCN2CCCC[C@@H]12. The van der Waals surface area contributed by atoms with E-state index in [1.165, 1.54) is 25.8 Å². The average molecular weight is 304 g/mol. The number of hydrogen-bond donors (Lipinski definition) is 3. The molecular formula is C15H24N6O. The zero-order valence-corrected chi connectivity index (χ0v) is 12.8. The molecule has 7 nitrogen and oxygen atoms in total. The molecule has 0 bridgehead atoms. The Hall–Kier alpha value is -1.89. The Morgan fingerprint density at radius 1 is 1.18 bits per heavy atom. The lowest BCUT2D eigenvalue weighted by Crippen LogP contribution is -2.50. The molecule has 120 valence electrons. The van der Waals surface area contributed by atoms with E-state index in [2.05, 4.69) is 30.8 Å². The van der Waals surface area contributed by atoms with Crippen molar-refractivity contribution >= 4 is 12.0 Å². The summed E-state index contributed by atoms with van der Waals surface area (Å²) in [6, 6.07) is 2.53. The number of fused-ring (bicyclic) bond motifs is 1. The van der Waals surface area contributed by atoms with Crippen molar-refractivity contribution in [1.82, 2.24) is 25.5 Å². The Balaban J connectivity index is 1.34. The minimum atomic E-state index is -0.0757. The second kappa shape index (κ2) is 7.40. The highest BCUT2D eigenvalue weighted by atomic mass is 16.2. The molecule has 0 saturated carbocycles. The molecule has 1 aromatic rings. The fourth-order valence-corrected chi connectivity index (χ4v) is 3.38. The smallest absolute Gasteiger partial charge is 0.315 e. The standard InChI is InChI=1S/C15H24N6O/c22-15(19-9-8-18-14-16-6-3-7-17-14)20-12-5-11-21-10-2-1-4-13(12)21/h3,6-7,12-13H,1-2,4-5,8-11H2,(H,16,17,18)(H2,19,20,22)/t12-,13+/m1/s1. The van der Waals surface area contributed by atoms with Crippen LogP contribution in [0.3, 0.4) is 0 Å². The largest absolute Gasteiger partial charge is 0.352 e. The quantitative estimate of drug-likeness (QED) is 0.702. The fourth-order valence-electron chi connectivity index (χ4n) is 3.38. The molecule has 0 aliphatic carbocycles. The highest BCUT2D eigenvalue weighted by molar-refractivity contribution is 5.74. The van der Waals surface area contributed by atoms with E-state index in [-0.39, 0.29) is 6.03 Å². The van der Waals surface area contributed by atoms with E-state index in [9.17, 15) is 4.79 Å². The maximum atomic E-state index is 12.0. The molecule has 0 radical (unpaired) electrons. The van der Waals surface area contributed by atoms with Crippen molar-refractivity contribution in [2.75, 3.05) is 31.5 Å². The Morgan fingerprint density at radius 2 is 2.05 bits per heavy atom. The van der Waals surface area contributed by atoms with Gasteiger partial charge in [0.1, 0.15) is 0 Å². The molecule has 2 aliphatic rings. The topological polar surface area (TPSA) is 82.2 Å². The highest BCUT2D eigenvalue weighted by Crippen LogP contribution is 2.26. The van der Waals surface area contributed by atoms with Crippen LogP contribution in [0, 0.1) is 0 Å². The minimum absolute atomic E-state index is 0.0757. The molecule has 7 heteroatoms. The van der Waals surface area contributed by atoms with Gasteiger partial charge in [0.15, 0.2) is 0 Å². The van der Waals surface area contributed by atoms with Crippen molar-refractivity contribution in [3.63, 3.8) is 0 Å². The molecule has 2 atom stereocenters. The zero-order valence-electron chi connectivity index (χ0n) is 12.8. The van der Waals surface area contributed by atoms with Crippen molar-refractivity contribution in [2.24, 2.45) is 0 Å². The summed E-state index contributed by atoms with van der Waals surface area (Å²) in [5, 5.41) is 9.08. The third kappa shape index (κ3) is 3.85. The van der Waals surface area contributed by atoms with Crippen molar-refractivity contribution in [3.05, 3.63) is 18.5 Å². The second-order valence-electron chi connectivity index (χ2n) is 5.89. The molecule has 2 amide bonds. The molecule has 2 aliphatic heterocycles. The molecule has 3 rings (SSSR count). The van der Waals surface area contributed by atoms with E-state index >= 15 is 0 Å². The van der Waals surface area contributed by atoms with Gasteiger partial charge in [0.2, 0.25) is 5.95 Å². The lowest BCUT2D eigenvalue weighted by molar-refractivity contribution is 0.179. The van der Waals surface area contributed by atoms with Crippen LogP contribution >= 0.6 is 0 Å². The summed E-state index contributed by atoms with van der Waals surface area (Å²) in [6.07, 6.45) is 8.22. The minimum Gasteiger partial charge on any atom is -0.352 e. The number of urea groups is 1. The van der Waals surface area contributed by atoms with Crippen molar-refractivity contribution in [1.29, 1.82) is 0 Å². The van der Waals surface area contributed by atoms with Crippen LogP contribution in [0.5, 0.6) is 0 Å². The van der Waals surface area contributed by atoms with Gasteiger partial charge in [-0.25, -0.2) is 14.8 Å². The van der Waals surface area contributed by atoms with Crippen molar-refractivity contribution < 1.29 is 4.79 Å². The molecule has 0 unspecified atom stereocenters. The molecule has 1 aromatic heterocycles. The summed E-state index contributed by atoms with van der Waals surface area (Å²) in [5.41, 5.74) is 0. The van der Waals surface area contributed by atoms with Crippen LogP contribution < -0.4 is 16.0 Å². The molecule has 22 heavy (non-hydrogen) atoms. The van der Waals surface area contributed by atoms with Crippen LogP contribution in [0.15, 0.2) is 18.5 Å². The fraction of sp³-hybridized carbons (Fsp3) is 0.667. The van der Waals surface area contributed by atoms with Gasteiger partial charge in [0.25, 0.3) is 0 Å². The molecule has 0 aromatic carbocycles. The van der Waals surface area contributed by atoms with Crippen LogP contribution in [0.1, 0.15) is 25.7 Å². The van der Waals surface area contributed by atoms with Gasteiger partial charge in [-0.1, -0.05) is 6.42 Å². The summed E-state index contributed by atoms with van der Waals surface area (Å²) >= 11 is 0. The van der Waals surface area contributed by atoms with Gasteiger partial charge >= 0.3 is 6.03 Å². The Morgan fingerprint density at radius 3 is 2.91 bits per heavy atom. The van der Waals surface area contributed by atoms with E-state index < -0.39 is 0 Å². The third-order valence-corrected chi connectivity index (χ3v) is 4.43. The van der Waals surface area contributed by atoms with E-state index in [1.54, 1.807) is 18.5 Å². The van der Waals surface area contributed by atoms with Gasteiger partial charge in [-0.15, -0.1) is 0 Å². The number of nitrogens with zero attached hydrogens (tertiary/aromatic N) is 3. The first-order chi connectivity index (χ1) is 10.8. The number of carbonyl (C=O) groups is 1. The lowest BCUT2D eigenvalue weighted by atomic mass is 9.99. The number of nitrogens with one attached hydrogen (secondary N) is 3. The Bertz CT molecular complexity index is 482. The number of amides is 2. The van der Waals surface area contributed by atoms with Gasteiger partial charge in [-0.3, -0.25) is 4.90 Å². The molecule has 2 saturated heterocycles. The van der Waals surface area contributed by atoms with Gasteiger partial charge in [0.05, 0.1) is 0 Å². The highest BCUT2D eigenvalue weighted by Gasteiger charge is 2.36. The first-order valence-electron chi connectivity index (χ1n) is 8.12. The number of aromatic nitrogens is 2. The van der Waals surface area contributed by atoms with Gasteiger partial charge in [-0.2, -0.15) is 0 Å². The summed E-state index contributed by atoms with van der Waals surface area (Å²) in [4.78, 5) is 22.6. The molecule has 2 fully saturated rings. The summed E-state index contributed by atoms with van der Waals surface area (Å²) in [6.45, 7) is 3.46. The molecular weight excluding hydrogens is 280 g/mol. The number of anilines is 1. The maximum Gasteiger partial charge on any atom is 0.315 e. The number of hydrogen-bond acceptors (Lipinski definition) is 5. The Labute approximate surface area is 130 Å². The Kier molecular flexibility index (Phi) is 5.05. The third-order valence-electron chi connectivity index (χ3n) is 4.43. The first-order valence-corrected chi connectivity index (χ1v) is 8.12. The van der Waals surface area contributed by atoms with Crippen LogP contribution in [0.2, 0.25) is 0 Å². The molecule has 3 N–H and O–H groups in total. The molecule has 0 spiro atoms. The zero-order chi connectivity index (χ0) is 15.2. The average Bonchev–Trinajstić information content (AvgIpc) is 2.96. The predicted octanol–water partition coefficient (Wildman–Crippen LogP) is 0.814. The van der Waals surface area contributed by atoms with Gasteiger partial charge in [0, 0.05) is 44.1 Å². The van der Waals surface area contributed by atoms with E-state index in [1.807, 2.05) is 0 Å². The van der Waals surface area contributed by atoms with E-state index in [0.717, 1.165) is 13.0 Å². The second-order valence-corrected chi connectivity index (χ2v) is 5.89.